The molecular weight excluding hydrogens is 226 g/mol. The summed E-state index contributed by atoms with van der Waals surface area (Å²) in [6.07, 6.45) is 2.28. The van der Waals surface area contributed by atoms with Crippen molar-refractivity contribution in [3.8, 4) is 0 Å². The van der Waals surface area contributed by atoms with Crippen LogP contribution in [0.5, 0.6) is 0 Å². The molecule has 1 aliphatic carbocycles. The minimum absolute atomic E-state index is 0.143. The van der Waals surface area contributed by atoms with Crippen molar-refractivity contribution in [2.24, 2.45) is 0 Å². The number of nitrogens with one attached hydrogen (secondary N) is 1. The van der Waals surface area contributed by atoms with E-state index in [9.17, 15) is 9.59 Å². The molecule has 1 aliphatic rings. The Morgan fingerprint density at radius 2 is 2.19 bits per heavy atom. The molecule has 0 spiro atoms. The molecule has 6 heteroatoms. The Hall–Kier alpha value is -1.43. The number of nitrogens with zero attached hydrogens (tertiary/aromatic N) is 2. The van der Waals surface area contributed by atoms with Gasteiger partial charge in [0.25, 0.3) is 0 Å². The van der Waals surface area contributed by atoms with E-state index in [1.807, 2.05) is 0 Å². The number of aryl methyl sites for hydroxylation is 1. The van der Waals surface area contributed by atoms with E-state index in [1.54, 1.807) is 14.1 Å². The fourth-order valence-corrected chi connectivity index (χ4v) is 2.49. The van der Waals surface area contributed by atoms with Gasteiger partial charge in [-0.1, -0.05) is 11.3 Å². The predicted octanol–water partition coefficient (Wildman–Crippen LogP) is 1.76. The molecular formula is C10H13N3O2S. The van der Waals surface area contributed by atoms with Gasteiger partial charge in [0.2, 0.25) is 0 Å². The molecule has 16 heavy (non-hydrogen) atoms. The summed E-state index contributed by atoms with van der Waals surface area (Å²) in [7, 11) is 3.32. The van der Waals surface area contributed by atoms with E-state index >= 15 is 0 Å². The summed E-state index contributed by atoms with van der Waals surface area (Å²) in [5.74, 6) is 0.143. The molecule has 0 fully saturated rings. The molecule has 0 bridgehead atoms. The van der Waals surface area contributed by atoms with Crippen LogP contribution < -0.4 is 5.32 Å². The third kappa shape index (κ3) is 2.06. The van der Waals surface area contributed by atoms with Crippen LogP contribution in [0.15, 0.2) is 0 Å². The third-order valence-electron chi connectivity index (χ3n) is 2.39. The summed E-state index contributed by atoms with van der Waals surface area (Å²) in [5.41, 5.74) is 0.829. The fraction of sp³-hybridized carbons (Fsp3) is 0.500. The van der Waals surface area contributed by atoms with E-state index < -0.39 is 0 Å². The Kier molecular flexibility index (Phi) is 2.91. The molecule has 1 aromatic rings. The van der Waals surface area contributed by atoms with Gasteiger partial charge in [-0.2, -0.15) is 0 Å². The van der Waals surface area contributed by atoms with E-state index in [1.165, 1.54) is 16.2 Å². The maximum atomic E-state index is 11.6. The SMILES string of the molecule is CN(C)C(=O)Nc1nc2c(s1)C(=O)CCC2. The lowest BCUT2D eigenvalue weighted by atomic mass is 10.0. The highest BCUT2D eigenvalue weighted by Gasteiger charge is 2.22. The molecule has 0 unspecified atom stereocenters. The molecule has 2 amide bonds. The maximum Gasteiger partial charge on any atom is 0.323 e. The van der Waals surface area contributed by atoms with Crippen LogP contribution in [0.3, 0.4) is 0 Å². The summed E-state index contributed by atoms with van der Waals surface area (Å²) in [4.78, 5) is 29.4. The van der Waals surface area contributed by atoms with Gasteiger partial charge < -0.3 is 4.90 Å². The highest BCUT2D eigenvalue weighted by Crippen LogP contribution is 2.29. The van der Waals surface area contributed by atoms with E-state index in [2.05, 4.69) is 10.3 Å². The van der Waals surface area contributed by atoms with Crippen LogP contribution in [0.25, 0.3) is 0 Å². The molecule has 5 nitrogen and oxygen atoms in total. The smallest absolute Gasteiger partial charge is 0.323 e. The van der Waals surface area contributed by atoms with Crippen molar-refractivity contribution in [3.05, 3.63) is 10.6 Å². The zero-order chi connectivity index (χ0) is 11.7. The first-order chi connectivity index (χ1) is 7.58. The summed E-state index contributed by atoms with van der Waals surface area (Å²) < 4.78 is 0. The number of carbonyl (C=O) groups is 2. The van der Waals surface area contributed by atoms with Crippen molar-refractivity contribution >= 4 is 28.3 Å². The molecule has 1 aromatic heterocycles. The summed E-state index contributed by atoms with van der Waals surface area (Å²) in [6, 6.07) is -0.224. The first kappa shape index (κ1) is 11.1. The quantitative estimate of drug-likeness (QED) is 0.812. The number of fused-ring (bicyclic) bond motifs is 1. The summed E-state index contributed by atoms with van der Waals surface area (Å²) in [5, 5.41) is 3.17. The third-order valence-corrected chi connectivity index (χ3v) is 3.44. The number of hydrogen-bond acceptors (Lipinski definition) is 4. The minimum Gasteiger partial charge on any atom is -0.331 e. The fourth-order valence-electron chi connectivity index (χ4n) is 1.53. The number of aromatic nitrogens is 1. The first-order valence-corrected chi connectivity index (χ1v) is 5.91. The zero-order valence-electron chi connectivity index (χ0n) is 9.24. The van der Waals surface area contributed by atoms with Crippen LogP contribution >= 0.6 is 11.3 Å². The average molecular weight is 239 g/mol. The lowest BCUT2D eigenvalue weighted by molar-refractivity contribution is 0.0976. The topological polar surface area (TPSA) is 62.3 Å². The number of ketones is 1. The van der Waals surface area contributed by atoms with Gasteiger partial charge in [0, 0.05) is 20.5 Å². The van der Waals surface area contributed by atoms with Crippen LogP contribution in [-0.4, -0.2) is 35.8 Å². The Bertz CT molecular complexity index is 439. The van der Waals surface area contributed by atoms with Crippen molar-refractivity contribution < 1.29 is 9.59 Å². The number of amides is 2. The monoisotopic (exact) mass is 239 g/mol. The molecule has 2 rings (SSSR count). The Morgan fingerprint density at radius 3 is 2.81 bits per heavy atom. The second-order valence-corrected chi connectivity index (χ2v) is 4.90. The van der Waals surface area contributed by atoms with Crippen LogP contribution in [0.2, 0.25) is 0 Å². The first-order valence-electron chi connectivity index (χ1n) is 5.09. The molecule has 1 N–H and O–H groups in total. The highest BCUT2D eigenvalue weighted by atomic mass is 32.1. The molecule has 0 aliphatic heterocycles. The standard InChI is InChI=1S/C10H13N3O2S/c1-13(2)10(15)12-9-11-6-4-3-5-7(14)8(6)16-9/h3-5H2,1-2H3,(H,11,12,15). The number of carbonyl (C=O) groups excluding carboxylic acids is 2. The lowest BCUT2D eigenvalue weighted by Gasteiger charge is -2.09. The average Bonchev–Trinajstić information content (AvgIpc) is 2.61. The number of Topliss-reactive ketones (excluding diaryl/α,β-unsaturated/α-hetero) is 1. The van der Waals surface area contributed by atoms with E-state index in [0.717, 1.165) is 18.5 Å². The van der Waals surface area contributed by atoms with Crippen molar-refractivity contribution in [3.63, 3.8) is 0 Å². The van der Waals surface area contributed by atoms with Gasteiger partial charge >= 0.3 is 6.03 Å². The number of anilines is 1. The van der Waals surface area contributed by atoms with Gasteiger partial charge in [-0.05, 0) is 12.8 Å². The van der Waals surface area contributed by atoms with E-state index in [4.69, 9.17) is 0 Å². The number of hydrogen-bond donors (Lipinski definition) is 1. The molecule has 0 radical (unpaired) electrons. The normalized spacial score (nSPS) is 14.5. The van der Waals surface area contributed by atoms with Gasteiger partial charge in [0.1, 0.15) is 0 Å². The van der Waals surface area contributed by atoms with Crippen LogP contribution in [0.4, 0.5) is 9.93 Å². The molecule has 0 atom stereocenters. The van der Waals surface area contributed by atoms with Crippen LogP contribution in [0, 0.1) is 0 Å². The van der Waals surface area contributed by atoms with Crippen molar-refractivity contribution in [2.45, 2.75) is 19.3 Å². The zero-order valence-corrected chi connectivity index (χ0v) is 10.1. The largest absolute Gasteiger partial charge is 0.331 e. The van der Waals surface area contributed by atoms with Gasteiger partial charge in [0.05, 0.1) is 10.6 Å². The van der Waals surface area contributed by atoms with Gasteiger partial charge in [-0.3, -0.25) is 10.1 Å². The second kappa shape index (κ2) is 4.21. The van der Waals surface area contributed by atoms with Crippen molar-refractivity contribution in [1.29, 1.82) is 0 Å². The van der Waals surface area contributed by atoms with Crippen LogP contribution in [0.1, 0.15) is 28.2 Å². The van der Waals surface area contributed by atoms with Crippen molar-refractivity contribution in [2.75, 3.05) is 19.4 Å². The summed E-state index contributed by atoms with van der Waals surface area (Å²) in [6.45, 7) is 0. The molecule has 86 valence electrons. The molecule has 0 saturated heterocycles. The van der Waals surface area contributed by atoms with E-state index in [-0.39, 0.29) is 11.8 Å². The lowest BCUT2D eigenvalue weighted by Crippen LogP contribution is -2.27. The maximum absolute atomic E-state index is 11.6. The highest BCUT2D eigenvalue weighted by molar-refractivity contribution is 7.17. The van der Waals surface area contributed by atoms with E-state index in [0.29, 0.717) is 16.4 Å². The number of urea groups is 1. The van der Waals surface area contributed by atoms with Crippen LogP contribution in [-0.2, 0) is 6.42 Å². The molecule has 0 aromatic carbocycles. The molecule has 1 heterocycles. The minimum atomic E-state index is -0.224. The molecule has 0 saturated carbocycles. The Labute approximate surface area is 97.5 Å². The number of rotatable bonds is 1. The van der Waals surface area contributed by atoms with Gasteiger partial charge in [0.15, 0.2) is 10.9 Å². The van der Waals surface area contributed by atoms with Gasteiger partial charge in [-0.15, -0.1) is 0 Å². The Morgan fingerprint density at radius 1 is 1.44 bits per heavy atom. The number of thiazole rings is 1. The second-order valence-electron chi connectivity index (χ2n) is 3.90. The van der Waals surface area contributed by atoms with Gasteiger partial charge in [-0.25, -0.2) is 9.78 Å². The Balaban J connectivity index is 2.18. The summed E-state index contributed by atoms with van der Waals surface area (Å²) >= 11 is 1.27. The van der Waals surface area contributed by atoms with Crippen molar-refractivity contribution in [1.82, 2.24) is 9.88 Å². The predicted molar refractivity (Wildman–Crippen MR) is 62.1 cm³/mol.